The molecule has 0 bridgehead atoms. The van der Waals surface area contributed by atoms with Crippen molar-refractivity contribution < 1.29 is 27.1 Å². The molecular weight excluding hydrogens is 458 g/mol. The summed E-state index contributed by atoms with van der Waals surface area (Å²) in [7, 11) is -2.41. The molecule has 178 valence electrons. The van der Waals surface area contributed by atoms with Crippen LogP contribution in [0, 0.1) is 0 Å². The zero-order chi connectivity index (χ0) is 23.9. The van der Waals surface area contributed by atoms with Gasteiger partial charge >= 0.3 is 11.6 Å². The van der Waals surface area contributed by atoms with Crippen LogP contribution in [0.25, 0.3) is 11.0 Å². The molecule has 0 atom stereocenters. The molecule has 0 N–H and O–H groups in total. The van der Waals surface area contributed by atoms with Gasteiger partial charge in [-0.05, 0) is 73.6 Å². The van der Waals surface area contributed by atoms with E-state index in [2.05, 4.69) is 0 Å². The van der Waals surface area contributed by atoms with Gasteiger partial charge in [0.15, 0.2) is 0 Å². The van der Waals surface area contributed by atoms with Crippen LogP contribution in [0.4, 0.5) is 0 Å². The third-order valence-corrected chi connectivity index (χ3v) is 8.40. The molecule has 0 unspecified atom stereocenters. The van der Waals surface area contributed by atoms with Crippen molar-refractivity contribution in [2.45, 2.75) is 43.6 Å². The smallest absolute Gasteiger partial charge is 0.338 e. The average molecular weight is 484 g/mol. The average Bonchev–Trinajstić information content (AvgIpc) is 3.53. The van der Waals surface area contributed by atoms with Crippen molar-refractivity contribution in [3.63, 3.8) is 0 Å². The highest BCUT2D eigenvalue weighted by atomic mass is 32.2. The molecule has 5 rings (SSSR count). The fourth-order valence-electron chi connectivity index (χ4n) is 4.71. The van der Waals surface area contributed by atoms with Gasteiger partial charge in [-0.1, -0.05) is 0 Å². The number of nitrogens with zero attached hydrogens (tertiary/aromatic N) is 1. The van der Waals surface area contributed by atoms with E-state index < -0.39 is 21.6 Å². The minimum absolute atomic E-state index is 0.0623. The van der Waals surface area contributed by atoms with Crippen LogP contribution in [0.2, 0.25) is 0 Å². The number of esters is 1. The lowest BCUT2D eigenvalue weighted by atomic mass is 10.0. The first-order valence-electron chi connectivity index (χ1n) is 11.3. The Labute approximate surface area is 197 Å². The van der Waals surface area contributed by atoms with Gasteiger partial charge in [0.2, 0.25) is 10.0 Å². The summed E-state index contributed by atoms with van der Waals surface area (Å²) >= 11 is 0. The second-order valence-electron chi connectivity index (χ2n) is 8.61. The molecule has 1 aliphatic heterocycles. The number of methoxy groups -OCH3 is 1. The van der Waals surface area contributed by atoms with Gasteiger partial charge in [0, 0.05) is 30.1 Å². The Bertz CT molecular complexity index is 1440. The normalized spacial score (nSPS) is 16.0. The summed E-state index contributed by atoms with van der Waals surface area (Å²) in [6.07, 6.45) is 4.56. The number of carbonyl (C=O) groups is 1. The van der Waals surface area contributed by atoms with E-state index in [4.69, 9.17) is 13.9 Å². The van der Waals surface area contributed by atoms with Gasteiger partial charge < -0.3 is 13.9 Å². The van der Waals surface area contributed by atoms with Gasteiger partial charge in [-0.25, -0.2) is 18.0 Å². The minimum atomic E-state index is -3.80. The second-order valence-corrected chi connectivity index (χ2v) is 10.5. The Hall–Kier alpha value is -3.17. The third kappa shape index (κ3) is 4.10. The lowest BCUT2D eigenvalue weighted by Gasteiger charge is -2.18. The molecule has 9 heteroatoms. The van der Waals surface area contributed by atoms with E-state index in [-0.39, 0.29) is 22.8 Å². The van der Waals surface area contributed by atoms with Gasteiger partial charge in [0.1, 0.15) is 22.8 Å². The van der Waals surface area contributed by atoms with Crippen LogP contribution in [0.3, 0.4) is 0 Å². The first kappa shape index (κ1) is 22.6. The van der Waals surface area contributed by atoms with Crippen LogP contribution in [-0.2, 0) is 34.2 Å². The predicted molar refractivity (Wildman–Crippen MR) is 125 cm³/mol. The monoisotopic (exact) mass is 483 g/mol. The molecule has 2 heterocycles. The van der Waals surface area contributed by atoms with Gasteiger partial charge in [0.05, 0.1) is 12.7 Å². The summed E-state index contributed by atoms with van der Waals surface area (Å²) in [6.45, 7) is 0.737. The molecule has 8 nitrogen and oxygen atoms in total. The van der Waals surface area contributed by atoms with Crippen molar-refractivity contribution >= 4 is 27.0 Å². The summed E-state index contributed by atoms with van der Waals surface area (Å²) in [4.78, 5) is 24.9. The molecule has 2 aliphatic rings. The van der Waals surface area contributed by atoms with Crippen LogP contribution in [0.1, 0.15) is 46.3 Å². The standard InChI is InChI=1S/C25H25NO7S/c1-31-21-8-7-18(13-23(21)34(29,30)26-9-2-3-10-26)25(28)32-15-19-14-24(27)33-22-12-17-6-4-5-16(17)11-20(19)22/h7-8,11-14H,2-6,9-10,15H2,1H3. The summed E-state index contributed by atoms with van der Waals surface area (Å²) < 4.78 is 43.7. The summed E-state index contributed by atoms with van der Waals surface area (Å²) in [5, 5.41) is 0.736. The predicted octanol–water partition coefficient (Wildman–Crippen LogP) is 3.43. The van der Waals surface area contributed by atoms with Crippen LogP contribution < -0.4 is 10.4 Å². The highest BCUT2D eigenvalue weighted by Gasteiger charge is 2.31. The number of fused-ring (bicyclic) bond motifs is 2. The maximum atomic E-state index is 13.1. The number of aryl methyl sites for hydroxylation is 2. The molecule has 0 spiro atoms. The van der Waals surface area contributed by atoms with E-state index in [0.29, 0.717) is 24.2 Å². The van der Waals surface area contributed by atoms with Gasteiger partial charge in [-0.3, -0.25) is 0 Å². The Morgan fingerprint density at radius 2 is 1.76 bits per heavy atom. The molecular formula is C25H25NO7S. The van der Waals surface area contributed by atoms with E-state index in [9.17, 15) is 18.0 Å². The molecule has 0 radical (unpaired) electrons. The van der Waals surface area contributed by atoms with Crippen molar-refractivity contribution in [3.05, 3.63) is 69.1 Å². The number of benzene rings is 2. The number of hydrogen-bond donors (Lipinski definition) is 0. The SMILES string of the molecule is COc1ccc(C(=O)OCc2cc(=O)oc3cc4c(cc23)CCC4)cc1S(=O)(=O)N1CCCC1. The van der Waals surface area contributed by atoms with Crippen LogP contribution in [0.15, 0.2) is 50.5 Å². The first-order valence-corrected chi connectivity index (χ1v) is 12.7. The topological polar surface area (TPSA) is 103 Å². The molecule has 0 saturated carbocycles. The van der Waals surface area contributed by atoms with Crippen LogP contribution in [-0.4, -0.2) is 38.9 Å². The maximum absolute atomic E-state index is 13.1. The first-order chi connectivity index (χ1) is 16.4. The quantitative estimate of drug-likeness (QED) is 0.391. The molecule has 3 aromatic rings. The molecule has 1 aliphatic carbocycles. The zero-order valence-corrected chi connectivity index (χ0v) is 19.7. The Balaban J connectivity index is 1.42. The molecule has 1 saturated heterocycles. The number of sulfonamides is 1. The van der Waals surface area contributed by atoms with E-state index in [0.717, 1.165) is 37.5 Å². The largest absolute Gasteiger partial charge is 0.495 e. The lowest BCUT2D eigenvalue weighted by molar-refractivity contribution is 0.0473. The molecule has 1 aromatic heterocycles. The van der Waals surface area contributed by atoms with Crippen molar-refractivity contribution in [1.82, 2.24) is 4.31 Å². The number of hydrogen-bond acceptors (Lipinski definition) is 7. The number of rotatable bonds is 6. The highest BCUT2D eigenvalue weighted by Crippen LogP contribution is 2.31. The Morgan fingerprint density at radius 3 is 2.50 bits per heavy atom. The second kappa shape index (κ2) is 8.88. The summed E-state index contributed by atoms with van der Waals surface area (Å²) in [5.41, 5.74) is 2.98. The van der Waals surface area contributed by atoms with Gasteiger partial charge in [-0.15, -0.1) is 0 Å². The maximum Gasteiger partial charge on any atom is 0.338 e. The van der Waals surface area contributed by atoms with E-state index in [1.807, 2.05) is 12.1 Å². The zero-order valence-electron chi connectivity index (χ0n) is 18.8. The minimum Gasteiger partial charge on any atom is -0.495 e. The third-order valence-electron chi connectivity index (χ3n) is 6.48. The van der Waals surface area contributed by atoms with E-state index in [1.54, 1.807) is 0 Å². The Morgan fingerprint density at radius 1 is 1.03 bits per heavy atom. The number of carbonyl (C=O) groups excluding carboxylic acids is 1. The number of ether oxygens (including phenoxy) is 2. The summed E-state index contributed by atoms with van der Waals surface area (Å²) in [5.74, 6) is -0.521. The van der Waals surface area contributed by atoms with Crippen molar-refractivity contribution in [2.75, 3.05) is 20.2 Å². The molecule has 1 fully saturated rings. The highest BCUT2D eigenvalue weighted by molar-refractivity contribution is 7.89. The van der Waals surface area contributed by atoms with Gasteiger partial charge in [0.25, 0.3) is 0 Å². The molecule has 0 amide bonds. The lowest BCUT2D eigenvalue weighted by Crippen LogP contribution is -2.28. The molecule has 2 aromatic carbocycles. The van der Waals surface area contributed by atoms with Crippen LogP contribution in [0.5, 0.6) is 5.75 Å². The van der Waals surface area contributed by atoms with Gasteiger partial charge in [-0.2, -0.15) is 4.31 Å². The Kier molecular flexibility index (Phi) is 5.91. The fraction of sp³-hybridized carbons (Fsp3) is 0.360. The van der Waals surface area contributed by atoms with E-state index in [1.165, 1.54) is 46.8 Å². The fourth-order valence-corrected chi connectivity index (χ4v) is 6.41. The summed E-state index contributed by atoms with van der Waals surface area (Å²) in [6, 6.07) is 9.43. The van der Waals surface area contributed by atoms with Crippen molar-refractivity contribution in [1.29, 1.82) is 0 Å². The molecule has 34 heavy (non-hydrogen) atoms. The van der Waals surface area contributed by atoms with Crippen molar-refractivity contribution in [2.24, 2.45) is 0 Å². The van der Waals surface area contributed by atoms with Crippen LogP contribution >= 0.6 is 0 Å². The van der Waals surface area contributed by atoms with E-state index >= 15 is 0 Å². The van der Waals surface area contributed by atoms with Crippen molar-refractivity contribution in [3.8, 4) is 5.75 Å².